The van der Waals surface area contributed by atoms with E-state index in [9.17, 15) is 4.21 Å². The molecular weight excluding hydrogens is 182 g/mol. The van der Waals surface area contributed by atoms with E-state index in [1.807, 2.05) is 35.6 Å². The predicted molar refractivity (Wildman–Crippen MR) is 55.1 cm³/mol. The Labute approximate surface area is 80.5 Å². The molecule has 0 bridgehead atoms. The van der Waals surface area contributed by atoms with Crippen molar-refractivity contribution in [1.29, 1.82) is 0 Å². The van der Waals surface area contributed by atoms with E-state index in [1.165, 1.54) is 11.1 Å². The molecule has 3 heteroatoms. The average molecular weight is 193 g/mol. The maximum Gasteiger partial charge on any atom is 0.120 e. The van der Waals surface area contributed by atoms with Gasteiger partial charge >= 0.3 is 0 Å². The number of benzene rings is 1. The summed E-state index contributed by atoms with van der Waals surface area (Å²) in [6.45, 7) is 0.746. The van der Waals surface area contributed by atoms with Crippen LogP contribution in [0.3, 0.4) is 0 Å². The molecule has 0 saturated heterocycles. The summed E-state index contributed by atoms with van der Waals surface area (Å²) in [7, 11) is 0.888. The Morgan fingerprint density at radius 1 is 1.38 bits per heavy atom. The van der Waals surface area contributed by atoms with Crippen molar-refractivity contribution < 1.29 is 4.21 Å². The van der Waals surface area contributed by atoms with E-state index in [0.717, 1.165) is 6.54 Å². The van der Waals surface area contributed by atoms with Gasteiger partial charge in [0.05, 0.1) is 0 Å². The molecular formula is C10H11NOS. The highest BCUT2D eigenvalue weighted by Crippen LogP contribution is 2.17. The molecule has 2 rings (SSSR count). The van der Waals surface area contributed by atoms with E-state index >= 15 is 0 Å². The summed E-state index contributed by atoms with van der Waals surface area (Å²) in [5, 5.41) is 1.73. The van der Waals surface area contributed by atoms with Gasteiger partial charge in [-0.1, -0.05) is 24.3 Å². The first-order valence-corrected chi connectivity index (χ1v) is 5.32. The Kier molecular flexibility index (Phi) is 2.29. The molecule has 0 saturated carbocycles. The lowest BCUT2D eigenvalue weighted by Crippen LogP contribution is -2.17. The summed E-state index contributed by atoms with van der Waals surface area (Å²) in [6, 6.07) is 8.12. The lowest BCUT2D eigenvalue weighted by Gasteiger charge is -2.11. The van der Waals surface area contributed by atoms with Gasteiger partial charge in [0.1, 0.15) is 11.0 Å². The lowest BCUT2D eigenvalue weighted by atomic mass is 10.1. The SMILES string of the molecule is CN1Cc2ccccc2C=CS1=O. The van der Waals surface area contributed by atoms with Gasteiger partial charge in [-0.3, -0.25) is 0 Å². The van der Waals surface area contributed by atoms with Gasteiger partial charge in [0.25, 0.3) is 0 Å². The largest absolute Gasteiger partial charge is 0.238 e. The van der Waals surface area contributed by atoms with Crippen LogP contribution in [0.1, 0.15) is 11.1 Å². The second kappa shape index (κ2) is 3.44. The highest BCUT2D eigenvalue weighted by molar-refractivity contribution is 7.85. The molecule has 0 N–H and O–H groups in total. The third kappa shape index (κ3) is 1.71. The molecule has 0 aromatic heterocycles. The number of hydrogen-bond donors (Lipinski definition) is 0. The molecule has 0 fully saturated rings. The van der Waals surface area contributed by atoms with Gasteiger partial charge in [-0.15, -0.1) is 0 Å². The molecule has 0 amide bonds. The van der Waals surface area contributed by atoms with Gasteiger partial charge in [-0.25, -0.2) is 8.51 Å². The van der Waals surface area contributed by atoms with Gasteiger partial charge in [0.2, 0.25) is 0 Å². The summed E-state index contributed by atoms with van der Waals surface area (Å²) >= 11 is 0. The zero-order chi connectivity index (χ0) is 9.26. The Balaban J connectivity index is 2.46. The van der Waals surface area contributed by atoms with Crippen molar-refractivity contribution in [2.45, 2.75) is 6.54 Å². The second-order valence-electron chi connectivity index (χ2n) is 3.06. The Hall–Kier alpha value is -0.930. The first kappa shape index (κ1) is 8.66. The summed E-state index contributed by atoms with van der Waals surface area (Å²) < 4.78 is 13.3. The summed E-state index contributed by atoms with van der Waals surface area (Å²) in [6.07, 6.45) is 1.93. The number of fused-ring (bicyclic) bond motifs is 1. The Bertz CT molecular complexity index is 373. The number of rotatable bonds is 0. The summed E-state index contributed by atoms with van der Waals surface area (Å²) in [4.78, 5) is 0. The van der Waals surface area contributed by atoms with Crippen LogP contribution in [0.25, 0.3) is 6.08 Å². The van der Waals surface area contributed by atoms with E-state index < -0.39 is 11.0 Å². The molecule has 2 nitrogen and oxygen atoms in total. The van der Waals surface area contributed by atoms with Crippen molar-refractivity contribution in [3.63, 3.8) is 0 Å². The molecule has 68 valence electrons. The fourth-order valence-electron chi connectivity index (χ4n) is 1.38. The minimum Gasteiger partial charge on any atom is -0.238 e. The van der Waals surface area contributed by atoms with Crippen molar-refractivity contribution in [3.8, 4) is 0 Å². The van der Waals surface area contributed by atoms with E-state index in [4.69, 9.17) is 0 Å². The Morgan fingerprint density at radius 3 is 3.00 bits per heavy atom. The van der Waals surface area contributed by atoms with Crippen molar-refractivity contribution in [2.75, 3.05) is 7.05 Å². The highest BCUT2D eigenvalue weighted by Gasteiger charge is 2.11. The lowest BCUT2D eigenvalue weighted by molar-refractivity contribution is 0.527. The molecule has 1 aromatic rings. The standard InChI is InChI=1S/C10H11NOS/c1-11-8-10-5-3-2-4-9(10)6-7-13(11)12/h2-7H,8H2,1H3. The maximum atomic E-state index is 11.4. The Morgan fingerprint density at radius 2 is 2.15 bits per heavy atom. The van der Waals surface area contributed by atoms with Crippen LogP contribution in [0.5, 0.6) is 0 Å². The molecule has 0 radical (unpaired) electrons. The van der Waals surface area contributed by atoms with E-state index in [1.54, 1.807) is 5.41 Å². The van der Waals surface area contributed by atoms with Gasteiger partial charge in [0, 0.05) is 19.0 Å². The first-order valence-electron chi connectivity index (χ1n) is 4.15. The second-order valence-corrected chi connectivity index (χ2v) is 4.51. The molecule has 0 spiro atoms. The van der Waals surface area contributed by atoms with Gasteiger partial charge in [-0.2, -0.15) is 0 Å². The topological polar surface area (TPSA) is 20.3 Å². The average Bonchev–Trinajstić information content (AvgIpc) is 2.28. The molecule has 0 aliphatic carbocycles. The molecule has 1 aromatic carbocycles. The monoisotopic (exact) mass is 193 g/mol. The van der Waals surface area contributed by atoms with Gasteiger partial charge in [-0.05, 0) is 17.2 Å². The normalized spacial score (nSPS) is 22.4. The minimum atomic E-state index is -0.976. The molecule has 1 atom stereocenters. The van der Waals surface area contributed by atoms with Crippen LogP contribution in [0.4, 0.5) is 0 Å². The van der Waals surface area contributed by atoms with Gasteiger partial charge < -0.3 is 0 Å². The predicted octanol–water partition coefficient (Wildman–Crippen LogP) is 1.77. The van der Waals surface area contributed by atoms with Crippen molar-refractivity contribution >= 4 is 17.1 Å². The molecule has 1 aliphatic rings. The van der Waals surface area contributed by atoms with Crippen LogP contribution >= 0.6 is 0 Å². The molecule has 13 heavy (non-hydrogen) atoms. The van der Waals surface area contributed by atoms with E-state index in [0.29, 0.717) is 0 Å². The van der Waals surface area contributed by atoms with Crippen LogP contribution in [-0.2, 0) is 17.5 Å². The summed E-state index contributed by atoms with van der Waals surface area (Å²) in [5.74, 6) is 0. The zero-order valence-electron chi connectivity index (χ0n) is 7.43. The number of nitrogens with zero attached hydrogens (tertiary/aromatic N) is 1. The maximum absolute atomic E-state index is 11.4. The van der Waals surface area contributed by atoms with Gasteiger partial charge in [0.15, 0.2) is 0 Å². The zero-order valence-corrected chi connectivity index (χ0v) is 8.25. The number of hydrogen-bond acceptors (Lipinski definition) is 1. The van der Waals surface area contributed by atoms with Crippen molar-refractivity contribution in [2.24, 2.45) is 0 Å². The molecule has 1 heterocycles. The fraction of sp³-hybridized carbons (Fsp3) is 0.200. The quantitative estimate of drug-likeness (QED) is 0.615. The van der Waals surface area contributed by atoms with Crippen LogP contribution in [0.15, 0.2) is 29.7 Å². The molecule has 1 unspecified atom stereocenters. The van der Waals surface area contributed by atoms with Crippen LogP contribution in [-0.4, -0.2) is 15.6 Å². The smallest absolute Gasteiger partial charge is 0.120 e. The third-order valence-electron chi connectivity index (χ3n) is 2.12. The van der Waals surface area contributed by atoms with Crippen LogP contribution in [0, 0.1) is 0 Å². The molecule has 1 aliphatic heterocycles. The van der Waals surface area contributed by atoms with Crippen molar-refractivity contribution in [1.82, 2.24) is 4.31 Å². The van der Waals surface area contributed by atoms with E-state index in [-0.39, 0.29) is 0 Å². The third-order valence-corrected chi connectivity index (χ3v) is 3.23. The van der Waals surface area contributed by atoms with E-state index in [2.05, 4.69) is 6.07 Å². The fourth-order valence-corrected chi connectivity index (χ4v) is 2.12. The minimum absolute atomic E-state index is 0.746. The van der Waals surface area contributed by atoms with Crippen LogP contribution < -0.4 is 0 Å². The summed E-state index contributed by atoms with van der Waals surface area (Å²) in [5.41, 5.74) is 2.40. The van der Waals surface area contributed by atoms with Crippen molar-refractivity contribution in [3.05, 3.63) is 40.8 Å². The first-order chi connectivity index (χ1) is 6.27. The van der Waals surface area contributed by atoms with Crippen LogP contribution in [0.2, 0.25) is 0 Å². The highest BCUT2D eigenvalue weighted by atomic mass is 32.2.